The molecule has 2 aromatic carbocycles. The minimum Gasteiger partial charge on any atom is -0.496 e. The van der Waals surface area contributed by atoms with E-state index in [1.54, 1.807) is 13.2 Å². The molecule has 0 aliphatic heterocycles. The Labute approximate surface area is 94.5 Å². The zero-order chi connectivity index (χ0) is 11.4. The van der Waals surface area contributed by atoms with Gasteiger partial charge in [-0.2, -0.15) is 0 Å². The molecule has 2 rings (SSSR count). The number of halogens is 1. The van der Waals surface area contributed by atoms with E-state index in [0.29, 0.717) is 5.75 Å². The molecular formula is C14H12FO. The molecule has 2 heteroatoms. The highest BCUT2D eigenvalue weighted by Gasteiger charge is 2.05. The molecular weight excluding hydrogens is 203 g/mol. The maximum Gasteiger partial charge on any atom is 0.126 e. The Kier molecular flexibility index (Phi) is 3.20. The first-order chi connectivity index (χ1) is 7.79. The Balaban J connectivity index is 2.28. The predicted molar refractivity (Wildman–Crippen MR) is 61.0 cm³/mol. The standard InChI is InChI=1S/C14H12FO/c1-16-14-10-13(15)8-7-12(14)9-11-5-3-2-4-6-11/h2-3,5-8,10H,9H2,1H3. The number of rotatable bonds is 3. The van der Waals surface area contributed by atoms with Gasteiger partial charge < -0.3 is 4.74 Å². The van der Waals surface area contributed by atoms with Gasteiger partial charge in [-0.05, 0) is 23.3 Å². The van der Waals surface area contributed by atoms with E-state index in [1.807, 2.05) is 24.3 Å². The van der Waals surface area contributed by atoms with E-state index in [-0.39, 0.29) is 5.82 Å². The van der Waals surface area contributed by atoms with E-state index in [4.69, 9.17) is 4.74 Å². The molecule has 0 saturated carbocycles. The molecule has 0 fully saturated rings. The number of hydrogen-bond acceptors (Lipinski definition) is 1. The second-order valence-electron chi connectivity index (χ2n) is 3.54. The molecule has 2 aromatic rings. The van der Waals surface area contributed by atoms with E-state index in [9.17, 15) is 4.39 Å². The summed E-state index contributed by atoms with van der Waals surface area (Å²) in [5, 5.41) is 0. The fraction of sp³-hybridized carbons (Fsp3) is 0.143. The second-order valence-corrected chi connectivity index (χ2v) is 3.54. The van der Waals surface area contributed by atoms with Crippen LogP contribution in [0.3, 0.4) is 0 Å². The molecule has 0 heterocycles. The SMILES string of the molecule is COc1cc(F)ccc1Cc1c[c]ccc1. The van der Waals surface area contributed by atoms with E-state index in [0.717, 1.165) is 17.5 Å². The quantitative estimate of drug-likeness (QED) is 0.763. The smallest absolute Gasteiger partial charge is 0.126 e. The van der Waals surface area contributed by atoms with Crippen LogP contribution in [0, 0.1) is 11.9 Å². The summed E-state index contributed by atoms with van der Waals surface area (Å²) in [7, 11) is 1.55. The van der Waals surface area contributed by atoms with Crippen molar-refractivity contribution in [3.05, 3.63) is 65.5 Å². The molecule has 0 amide bonds. The van der Waals surface area contributed by atoms with Crippen molar-refractivity contribution in [1.29, 1.82) is 0 Å². The Bertz CT molecular complexity index is 465. The van der Waals surface area contributed by atoms with Gasteiger partial charge in [-0.25, -0.2) is 4.39 Å². The van der Waals surface area contributed by atoms with Crippen molar-refractivity contribution >= 4 is 0 Å². The lowest BCUT2D eigenvalue weighted by molar-refractivity contribution is 0.407. The lowest BCUT2D eigenvalue weighted by Gasteiger charge is -2.08. The Morgan fingerprint density at radius 1 is 1.31 bits per heavy atom. The lowest BCUT2D eigenvalue weighted by atomic mass is 10.0. The topological polar surface area (TPSA) is 9.23 Å². The van der Waals surface area contributed by atoms with Gasteiger partial charge in [0.25, 0.3) is 0 Å². The van der Waals surface area contributed by atoms with Crippen LogP contribution in [0.5, 0.6) is 5.75 Å². The van der Waals surface area contributed by atoms with Gasteiger partial charge >= 0.3 is 0 Å². The molecule has 0 aromatic heterocycles. The fourth-order valence-electron chi connectivity index (χ4n) is 1.62. The molecule has 0 aliphatic rings. The van der Waals surface area contributed by atoms with Crippen molar-refractivity contribution in [2.45, 2.75) is 6.42 Å². The average molecular weight is 215 g/mol. The van der Waals surface area contributed by atoms with Crippen molar-refractivity contribution in [2.24, 2.45) is 0 Å². The van der Waals surface area contributed by atoms with E-state index < -0.39 is 0 Å². The molecule has 0 atom stereocenters. The van der Waals surface area contributed by atoms with Crippen LogP contribution in [0.2, 0.25) is 0 Å². The molecule has 0 aliphatic carbocycles. The van der Waals surface area contributed by atoms with E-state index in [1.165, 1.54) is 12.1 Å². The van der Waals surface area contributed by atoms with Gasteiger partial charge in [-0.3, -0.25) is 0 Å². The maximum absolute atomic E-state index is 13.0. The molecule has 0 spiro atoms. The van der Waals surface area contributed by atoms with Crippen LogP contribution in [0.4, 0.5) is 4.39 Å². The highest BCUT2D eigenvalue weighted by molar-refractivity contribution is 5.37. The molecule has 1 nitrogen and oxygen atoms in total. The van der Waals surface area contributed by atoms with Crippen LogP contribution in [0.1, 0.15) is 11.1 Å². The third kappa shape index (κ3) is 2.40. The average Bonchev–Trinajstić information content (AvgIpc) is 2.33. The van der Waals surface area contributed by atoms with Crippen molar-refractivity contribution in [1.82, 2.24) is 0 Å². The molecule has 0 bridgehead atoms. The zero-order valence-electron chi connectivity index (χ0n) is 9.03. The van der Waals surface area contributed by atoms with Crippen LogP contribution in [0.25, 0.3) is 0 Å². The van der Waals surface area contributed by atoms with Crippen LogP contribution < -0.4 is 4.74 Å². The largest absolute Gasteiger partial charge is 0.496 e. The highest BCUT2D eigenvalue weighted by atomic mass is 19.1. The van der Waals surface area contributed by atoms with Gasteiger partial charge in [0.05, 0.1) is 7.11 Å². The summed E-state index contributed by atoms with van der Waals surface area (Å²) in [6, 6.07) is 15.3. The zero-order valence-corrected chi connectivity index (χ0v) is 9.03. The Morgan fingerprint density at radius 2 is 2.19 bits per heavy atom. The fourth-order valence-corrected chi connectivity index (χ4v) is 1.62. The van der Waals surface area contributed by atoms with Crippen LogP contribution in [-0.2, 0) is 6.42 Å². The van der Waals surface area contributed by atoms with Crippen molar-refractivity contribution < 1.29 is 9.13 Å². The summed E-state index contributed by atoms with van der Waals surface area (Å²) < 4.78 is 18.1. The van der Waals surface area contributed by atoms with Gasteiger partial charge in [-0.15, -0.1) is 0 Å². The second kappa shape index (κ2) is 4.79. The van der Waals surface area contributed by atoms with Crippen LogP contribution in [-0.4, -0.2) is 7.11 Å². The molecule has 81 valence electrons. The molecule has 0 saturated heterocycles. The molecule has 0 unspecified atom stereocenters. The summed E-state index contributed by atoms with van der Waals surface area (Å²) >= 11 is 0. The molecule has 0 N–H and O–H groups in total. The van der Waals surface area contributed by atoms with Gasteiger partial charge in [0, 0.05) is 12.5 Å². The van der Waals surface area contributed by atoms with Crippen LogP contribution in [0.15, 0.2) is 42.5 Å². The maximum atomic E-state index is 13.0. The monoisotopic (exact) mass is 215 g/mol. The highest BCUT2D eigenvalue weighted by Crippen LogP contribution is 2.22. The van der Waals surface area contributed by atoms with Crippen molar-refractivity contribution in [2.75, 3.05) is 7.11 Å². The predicted octanol–water partition coefficient (Wildman–Crippen LogP) is 3.23. The third-order valence-corrected chi connectivity index (χ3v) is 2.42. The van der Waals surface area contributed by atoms with Crippen LogP contribution >= 0.6 is 0 Å². The molecule has 16 heavy (non-hydrogen) atoms. The summed E-state index contributed by atoms with van der Waals surface area (Å²) in [5.74, 6) is 0.309. The van der Waals surface area contributed by atoms with Gasteiger partial charge in [-0.1, -0.05) is 30.3 Å². The van der Waals surface area contributed by atoms with Gasteiger partial charge in [0.15, 0.2) is 0 Å². The third-order valence-electron chi connectivity index (χ3n) is 2.42. The minimum atomic E-state index is -0.278. The van der Waals surface area contributed by atoms with Gasteiger partial charge in [0.2, 0.25) is 0 Å². The minimum absolute atomic E-state index is 0.278. The number of benzene rings is 2. The summed E-state index contributed by atoms with van der Waals surface area (Å²) in [5.41, 5.74) is 2.11. The van der Waals surface area contributed by atoms with Crippen molar-refractivity contribution in [3.63, 3.8) is 0 Å². The first kappa shape index (κ1) is 10.7. The van der Waals surface area contributed by atoms with E-state index in [2.05, 4.69) is 6.07 Å². The number of hydrogen-bond donors (Lipinski definition) is 0. The van der Waals surface area contributed by atoms with Gasteiger partial charge in [0.1, 0.15) is 11.6 Å². The first-order valence-electron chi connectivity index (χ1n) is 5.07. The number of methoxy groups -OCH3 is 1. The Morgan fingerprint density at radius 3 is 2.88 bits per heavy atom. The van der Waals surface area contributed by atoms with Crippen molar-refractivity contribution in [3.8, 4) is 5.75 Å². The molecule has 1 radical (unpaired) electrons. The summed E-state index contributed by atoms with van der Waals surface area (Å²) in [6.45, 7) is 0. The first-order valence-corrected chi connectivity index (χ1v) is 5.07. The Hall–Kier alpha value is -1.83. The van der Waals surface area contributed by atoms with E-state index >= 15 is 0 Å². The summed E-state index contributed by atoms with van der Waals surface area (Å²) in [6.07, 6.45) is 0.723. The lowest BCUT2D eigenvalue weighted by Crippen LogP contribution is -1.94. The number of ether oxygens (including phenoxy) is 1. The normalized spacial score (nSPS) is 10.1. The summed E-state index contributed by atoms with van der Waals surface area (Å²) in [4.78, 5) is 0.